The SMILES string of the molecule is Cc1sc2nc(SCc3noc(C(C)(C)C)n3)n(C(C)C)c(=O)c2c1C. The molecule has 0 fully saturated rings. The molecule has 0 amide bonds. The molecule has 0 atom stereocenters. The van der Waals surface area contributed by atoms with Crippen molar-refractivity contribution in [2.24, 2.45) is 0 Å². The zero-order valence-corrected chi connectivity index (χ0v) is 17.8. The van der Waals surface area contributed by atoms with Crippen LogP contribution in [0.3, 0.4) is 0 Å². The minimum atomic E-state index is -0.181. The number of thioether (sulfide) groups is 1. The lowest BCUT2D eigenvalue weighted by molar-refractivity contribution is 0.319. The summed E-state index contributed by atoms with van der Waals surface area (Å²) in [5.41, 5.74) is 0.873. The Morgan fingerprint density at radius 3 is 2.50 bits per heavy atom. The number of rotatable bonds is 4. The number of nitrogens with zero attached hydrogens (tertiary/aromatic N) is 4. The van der Waals surface area contributed by atoms with E-state index in [4.69, 9.17) is 9.51 Å². The predicted molar refractivity (Wildman–Crippen MR) is 106 cm³/mol. The van der Waals surface area contributed by atoms with Crippen LogP contribution in [0.4, 0.5) is 0 Å². The molecule has 3 rings (SSSR count). The minimum absolute atomic E-state index is 0.0249. The van der Waals surface area contributed by atoms with Gasteiger partial charge < -0.3 is 4.52 Å². The Morgan fingerprint density at radius 2 is 1.92 bits per heavy atom. The molecule has 6 nitrogen and oxygen atoms in total. The highest BCUT2D eigenvalue weighted by atomic mass is 32.2. The number of aryl methyl sites for hydroxylation is 2. The van der Waals surface area contributed by atoms with E-state index in [9.17, 15) is 4.79 Å². The van der Waals surface area contributed by atoms with E-state index in [1.54, 1.807) is 15.9 Å². The van der Waals surface area contributed by atoms with Crippen LogP contribution in [0.25, 0.3) is 10.2 Å². The summed E-state index contributed by atoms with van der Waals surface area (Å²) >= 11 is 3.04. The Morgan fingerprint density at radius 1 is 1.23 bits per heavy atom. The molecule has 0 saturated heterocycles. The highest BCUT2D eigenvalue weighted by Crippen LogP contribution is 2.30. The Bertz CT molecular complexity index is 1010. The molecule has 0 bridgehead atoms. The highest BCUT2D eigenvalue weighted by molar-refractivity contribution is 7.98. The van der Waals surface area contributed by atoms with Crippen molar-refractivity contribution in [3.05, 3.63) is 32.5 Å². The van der Waals surface area contributed by atoms with Gasteiger partial charge in [-0.05, 0) is 33.3 Å². The van der Waals surface area contributed by atoms with Gasteiger partial charge in [0.2, 0.25) is 5.89 Å². The van der Waals surface area contributed by atoms with Crippen LogP contribution in [0.15, 0.2) is 14.5 Å². The van der Waals surface area contributed by atoms with Crippen molar-refractivity contribution >= 4 is 33.3 Å². The quantitative estimate of drug-likeness (QED) is 0.476. The van der Waals surface area contributed by atoms with Crippen molar-refractivity contribution in [2.75, 3.05) is 0 Å². The van der Waals surface area contributed by atoms with E-state index >= 15 is 0 Å². The second-order valence-electron chi connectivity index (χ2n) is 7.68. The predicted octanol–water partition coefficient (Wildman–Crippen LogP) is 4.63. The van der Waals surface area contributed by atoms with Crippen molar-refractivity contribution < 1.29 is 4.52 Å². The molecule has 26 heavy (non-hydrogen) atoms. The van der Waals surface area contributed by atoms with Gasteiger partial charge >= 0.3 is 0 Å². The first-order valence-corrected chi connectivity index (χ1v) is 10.4. The Balaban J connectivity index is 1.98. The fourth-order valence-corrected chi connectivity index (χ4v) is 4.63. The molecule has 0 unspecified atom stereocenters. The first kappa shape index (κ1) is 19.1. The molecular formula is C18H24N4O2S2. The third kappa shape index (κ3) is 3.44. The van der Waals surface area contributed by atoms with Crippen molar-refractivity contribution in [1.82, 2.24) is 19.7 Å². The van der Waals surface area contributed by atoms with E-state index in [1.807, 2.05) is 48.5 Å². The van der Waals surface area contributed by atoms with Crippen LogP contribution in [0.1, 0.15) is 62.8 Å². The number of thiophene rings is 1. The molecule has 3 heterocycles. The van der Waals surface area contributed by atoms with Crippen molar-refractivity contribution in [1.29, 1.82) is 0 Å². The zero-order chi connectivity index (χ0) is 19.2. The van der Waals surface area contributed by atoms with Crippen molar-refractivity contribution in [2.45, 2.75) is 70.8 Å². The van der Waals surface area contributed by atoms with Gasteiger partial charge in [-0.25, -0.2) is 4.98 Å². The summed E-state index contributed by atoms with van der Waals surface area (Å²) in [5.74, 6) is 1.73. The van der Waals surface area contributed by atoms with E-state index < -0.39 is 0 Å². The van der Waals surface area contributed by atoms with Gasteiger partial charge in [0.1, 0.15) is 4.83 Å². The standard InChI is InChI=1S/C18H24N4O2S2/c1-9(2)22-15(23)13-10(3)11(4)26-14(13)20-17(22)25-8-12-19-16(24-21-12)18(5,6)7/h9H,8H2,1-7H3. The van der Waals surface area contributed by atoms with Crippen LogP contribution in [-0.4, -0.2) is 19.7 Å². The molecule has 3 aromatic heterocycles. The zero-order valence-electron chi connectivity index (χ0n) is 16.2. The van der Waals surface area contributed by atoms with E-state index in [0.717, 1.165) is 20.7 Å². The molecule has 0 aliphatic carbocycles. The lowest BCUT2D eigenvalue weighted by Crippen LogP contribution is -2.25. The van der Waals surface area contributed by atoms with Gasteiger partial charge in [0.25, 0.3) is 5.56 Å². The van der Waals surface area contributed by atoms with Crippen molar-refractivity contribution in [3.63, 3.8) is 0 Å². The maximum absolute atomic E-state index is 13.0. The summed E-state index contributed by atoms with van der Waals surface area (Å²) in [5, 5.41) is 5.49. The largest absolute Gasteiger partial charge is 0.339 e. The fourth-order valence-electron chi connectivity index (χ4n) is 2.59. The smallest absolute Gasteiger partial charge is 0.263 e. The van der Waals surface area contributed by atoms with Gasteiger partial charge in [0, 0.05) is 16.3 Å². The number of aromatic nitrogens is 4. The van der Waals surface area contributed by atoms with E-state index in [-0.39, 0.29) is 17.0 Å². The molecule has 3 aromatic rings. The molecule has 0 aliphatic rings. The number of hydrogen-bond donors (Lipinski definition) is 0. The van der Waals surface area contributed by atoms with Gasteiger partial charge in [-0.1, -0.05) is 37.7 Å². The highest BCUT2D eigenvalue weighted by Gasteiger charge is 2.23. The molecule has 0 aromatic carbocycles. The van der Waals surface area contributed by atoms with Crippen LogP contribution >= 0.6 is 23.1 Å². The fraction of sp³-hybridized carbons (Fsp3) is 0.556. The van der Waals surface area contributed by atoms with E-state index in [2.05, 4.69) is 10.1 Å². The van der Waals surface area contributed by atoms with Crippen LogP contribution in [0.5, 0.6) is 0 Å². The Hall–Kier alpha value is -1.67. The van der Waals surface area contributed by atoms with Gasteiger partial charge in [-0.15, -0.1) is 11.3 Å². The first-order chi connectivity index (χ1) is 12.1. The second kappa shape index (κ2) is 6.81. The topological polar surface area (TPSA) is 73.8 Å². The summed E-state index contributed by atoms with van der Waals surface area (Å²) in [7, 11) is 0. The van der Waals surface area contributed by atoms with Crippen molar-refractivity contribution in [3.8, 4) is 0 Å². The van der Waals surface area contributed by atoms with Crippen LogP contribution < -0.4 is 5.56 Å². The molecular weight excluding hydrogens is 368 g/mol. The number of hydrogen-bond acceptors (Lipinski definition) is 7. The average molecular weight is 393 g/mol. The summed E-state index contributed by atoms with van der Waals surface area (Å²) < 4.78 is 7.11. The normalized spacial score (nSPS) is 12.5. The molecule has 140 valence electrons. The average Bonchev–Trinajstić information content (AvgIpc) is 3.10. The summed E-state index contributed by atoms with van der Waals surface area (Å²) in [6.45, 7) is 14.1. The monoisotopic (exact) mass is 392 g/mol. The molecule has 0 aliphatic heterocycles. The molecule has 8 heteroatoms. The van der Waals surface area contributed by atoms with Gasteiger partial charge in [-0.3, -0.25) is 9.36 Å². The second-order valence-corrected chi connectivity index (χ2v) is 9.83. The molecule has 0 N–H and O–H groups in total. The summed E-state index contributed by atoms with van der Waals surface area (Å²) in [6.07, 6.45) is 0. The third-order valence-corrected chi connectivity index (χ3v) is 6.21. The van der Waals surface area contributed by atoms with E-state index in [0.29, 0.717) is 22.6 Å². The van der Waals surface area contributed by atoms with Crippen LogP contribution in [0, 0.1) is 13.8 Å². The molecule has 0 saturated carbocycles. The van der Waals surface area contributed by atoms with Gasteiger partial charge in [-0.2, -0.15) is 4.98 Å². The van der Waals surface area contributed by atoms with Gasteiger partial charge in [0.15, 0.2) is 11.0 Å². The summed E-state index contributed by atoms with van der Waals surface area (Å²) in [6, 6.07) is 0.0249. The Kier molecular flexibility index (Phi) is 5.00. The Labute approximate surface area is 161 Å². The lowest BCUT2D eigenvalue weighted by atomic mass is 9.97. The summed E-state index contributed by atoms with van der Waals surface area (Å²) in [4.78, 5) is 24.2. The van der Waals surface area contributed by atoms with Crippen LogP contribution in [-0.2, 0) is 11.2 Å². The molecule has 0 radical (unpaired) electrons. The third-order valence-electron chi connectivity index (χ3n) is 4.16. The molecule has 0 spiro atoms. The minimum Gasteiger partial charge on any atom is -0.339 e. The van der Waals surface area contributed by atoms with Crippen LogP contribution in [0.2, 0.25) is 0 Å². The lowest BCUT2D eigenvalue weighted by Gasteiger charge is -2.14. The maximum Gasteiger partial charge on any atom is 0.263 e. The maximum atomic E-state index is 13.0. The first-order valence-electron chi connectivity index (χ1n) is 8.57. The number of fused-ring (bicyclic) bond motifs is 1. The van der Waals surface area contributed by atoms with E-state index in [1.165, 1.54) is 11.8 Å². The van der Waals surface area contributed by atoms with Gasteiger partial charge in [0.05, 0.1) is 11.1 Å².